The fourth-order valence-electron chi connectivity index (χ4n) is 1.93. The highest BCUT2D eigenvalue weighted by atomic mass is 19.1. The Morgan fingerprint density at radius 1 is 1.40 bits per heavy atom. The molecule has 0 saturated carbocycles. The molecule has 0 spiro atoms. The largest absolute Gasteiger partial charge is 0.388 e. The third-order valence-electron chi connectivity index (χ3n) is 2.53. The molecule has 0 aliphatic carbocycles. The molecular weight excluding hydrogens is 200 g/mol. The third kappa shape index (κ3) is 2.33. The topological polar surface area (TPSA) is 23.5 Å². The molecule has 2 rings (SSSR count). The third-order valence-corrected chi connectivity index (χ3v) is 2.53. The maximum Gasteiger partial charge on any atom is 0.127 e. The van der Waals surface area contributed by atoms with Crippen LogP contribution in [0.25, 0.3) is 0 Å². The van der Waals surface area contributed by atoms with Gasteiger partial charge in [0.1, 0.15) is 11.6 Å². The van der Waals surface area contributed by atoms with Crippen LogP contribution >= 0.6 is 0 Å². The van der Waals surface area contributed by atoms with Gasteiger partial charge >= 0.3 is 0 Å². The highest BCUT2D eigenvalue weighted by Crippen LogP contribution is 2.23. The molecule has 1 heterocycles. The molecule has 1 aromatic carbocycles. The molecule has 1 saturated heterocycles. The van der Waals surface area contributed by atoms with Gasteiger partial charge in [-0.05, 0) is 25.1 Å². The smallest absolute Gasteiger partial charge is 0.127 e. The van der Waals surface area contributed by atoms with Crippen molar-refractivity contribution in [3.8, 4) is 0 Å². The Bertz CT molecular complexity index is 371. The Morgan fingerprint density at radius 3 is 2.67 bits per heavy atom. The molecule has 0 amide bonds. The van der Waals surface area contributed by atoms with Gasteiger partial charge in [-0.2, -0.15) is 0 Å². The lowest BCUT2D eigenvalue weighted by Crippen LogP contribution is -2.59. The summed E-state index contributed by atoms with van der Waals surface area (Å²) in [4.78, 5) is 1.87. The van der Waals surface area contributed by atoms with E-state index in [-0.39, 0.29) is 0 Å². The van der Waals surface area contributed by atoms with E-state index in [1.807, 2.05) is 4.90 Å². The van der Waals surface area contributed by atoms with Crippen molar-refractivity contribution in [1.82, 2.24) is 4.90 Å². The Kier molecular flexibility index (Phi) is 2.48. The normalized spacial score (nSPS) is 20.0. The van der Waals surface area contributed by atoms with Gasteiger partial charge in [0.25, 0.3) is 0 Å². The van der Waals surface area contributed by atoms with Crippen LogP contribution in [0.4, 0.5) is 8.78 Å². The van der Waals surface area contributed by atoms with Gasteiger partial charge in [-0.1, -0.05) is 0 Å². The van der Waals surface area contributed by atoms with E-state index in [4.69, 9.17) is 0 Å². The predicted molar refractivity (Wildman–Crippen MR) is 52.3 cm³/mol. The summed E-state index contributed by atoms with van der Waals surface area (Å²) in [5.74, 6) is -0.832. The second-order valence-corrected chi connectivity index (χ2v) is 4.38. The summed E-state index contributed by atoms with van der Waals surface area (Å²) in [5.41, 5.74) is -0.338. The molecule has 1 N–H and O–H groups in total. The second-order valence-electron chi connectivity index (χ2n) is 4.38. The van der Waals surface area contributed by atoms with Gasteiger partial charge in [-0.3, -0.25) is 4.90 Å². The number of hydrogen-bond donors (Lipinski definition) is 1. The van der Waals surface area contributed by atoms with Crippen molar-refractivity contribution >= 4 is 0 Å². The lowest BCUT2D eigenvalue weighted by atomic mass is 9.96. The average molecular weight is 213 g/mol. The van der Waals surface area contributed by atoms with Gasteiger partial charge in [0, 0.05) is 25.2 Å². The SMILES string of the molecule is CC1(O)CN(Cc2cc(F)ccc2F)C1. The average Bonchev–Trinajstić information content (AvgIpc) is 2.08. The minimum absolute atomic E-state index is 0.338. The first-order valence-electron chi connectivity index (χ1n) is 4.85. The minimum Gasteiger partial charge on any atom is -0.388 e. The van der Waals surface area contributed by atoms with Crippen LogP contribution in [0.5, 0.6) is 0 Å². The highest BCUT2D eigenvalue weighted by molar-refractivity contribution is 5.19. The van der Waals surface area contributed by atoms with Crippen LogP contribution in [0, 0.1) is 11.6 Å². The summed E-state index contributed by atoms with van der Waals surface area (Å²) >= 11 is 0. The van der Waals surface area contributed by atoms with E-state index in [1.54, 1.807) is 6.92 Å². The van der Waals surface area contributed by atoms with Crippen LogP contribution < -0.4 is 0 Å². The molecule has 0 bridgehead atoms. The fourth-order valence-corrected chi connectivity index (χ4v) is 1.93. The maximum absolute atomic E-state index is 13.2. The fraction of sp³-hybridized carbons (Fsp3) is 0.455. The zero-order chi connectivity index (χ0) is 11.1. The first kappa shape index (κ1) is 10.5. The highest BCUT2D eigenvalue weighted by Gasteiger charge is 2.36. The van der Waals surface area contributed by atoms with Crippen molar-refractivity contribution in [3.05, 3.63) is 35.4 Å². The summed E-state index contributed by atoms with van der Waals surface area (Å²) in [7, 11) is 0. The van der Waals surface area contributed by atoms with E-state index < -0.39 is 17.2 Å². The van der Waals surface area contributed by atoms with Crippen molar-refractivity contribution in [2.24, 2.45) is 0 Å². The van der Waals surface area contributed by atoms with Crippen molar-refractivity contribution in [3.63, 3.8) is 0 Å². The van der Waals surface area contributed by atoms with Crippen molar-refractivity contribution in [2.45, 2.75) is 19.1 Å². The number of likely N-dealkylation sites (tertiary alicyclic amines) is 1. The molecule has 2 nitrogen and oxygen atoms in total. The molecule has 0 unspecified atom stereocenters. The van der Waals surface area contributed by atoms with E-state index >= 15 is 0 Å². The Morgan fingerprint density at radius 2 is 2.07 bits per heavy atom. The number of halogens is 2. The molecule has 1 aliphatic heterocycles. The first-order valence-corrected chi connectivity index (χ1v) is 4.85. The Hall–Kier alpha value is -1.00. The lowest BCUT2D eigenvalue weighted by Gasteiger charge is -2.44. The van der Waals surface area contributed by atoms with E-state index in [0.29, 0.717) is 25.2 Å². The molecule has 4 heteroatoms. The summed E-state index contributed by atoms with van der Waals surface area (Å²) in [6.07, 6.45) is 0. The summed E-state index contributed by atoms with van der Waals surface area (Å²) in [5, 5.41) is 9.48. The summed E-state index contributed by atoms with van der Waals surface area (Å²) in [6, 6.07) is 3.43. The van der Waals surface area contributed by atoms with Gasteiger partial charge in [-0.25, -0.2) is 8.78 Å². The quantitative estimate of drug-likeness (QED) is 0.805. The van der Waals surface area contributed by atoms with E-state index in [1.165, 1.54) is 6.07 Å². The van der Waals surface area contributed by atoms with E-state index in [2.05, 4.69) is 0 Å². The Labute approximate surface area is 87.1 Å². The van der Waals surface area contributed by atoms with Crippen LogP contribution in [0.1, 0.15) is 12.5 Å². The number of hydrogen-bond acceptors (Lipinski definition) is 2. The van der Waals surface area contributed by atoms with Gasteiger partial charge in [0.15, 0.2) is 0 Å². The Balaban J connectivity index is 2.03. The lowest BCUT2D eigenvalue weighted by molar-refractivity contribution is -0.0874. The number of β-amino-alcohol motifs (C(OH)–C–C–N with tert-alkyl or cyclic N) is 1. The van der Waals surface area contributed by atoms with Crippen LogP contribution in [0.15, 0.2) is 18.2 Å². The van der Waals surface area contributed by atoms with Gasteiger partial charge in [0.2, 0.25) is 0 Å². The van der Waals surface area contributed by atoms with Crippen molar-refractivity contribution in [2.75, 3.05) is 13.1 Å². The molecule has 0 aromatic heterocycles. The number of benzene rings is 1. The summed E-state index contributed by atoms with van der Waals surface area (Å²) in [6.45, 7) is 3.08. The standard InChI is InChI=1S/C11H13F2NO/c1-11(15)6-14(7-11)5-8-4-9(12)2-3-10(8)13/h2-4,15H,5-7H2,1H3. The maximum atomic E-state index is 13.2. The number of nitrogens with zero attached hydrogens (tertiary/aromatic N) is 1. The van der Waals surface area contributed by atoms with Crippen LogP contribution in [0.2, 0.25) is 0 Å². The predicted octanol–water partition coefficient (Wildman–Crippen LogP) is 1.53. The molecule has 82 valence electrons. The van der Waals surface area contributed by atoms with Gasteiger partial charge in [0.05, 0.1) is 5.60 Å². The first-order chi connectivity index (χ1) is 6.96. The summed E-state index contributed by atoms with van der Waals surface area (Å²) < 4.78 is 26.1. The molecule has 1 fully saturated rings. The van der Waals surface area contributed by atoms with Crippen molar-refractivity contribution in [1.29, 1.82) is 0 Å². The monoisotopic (exact) mass is 213 g/mol. The number of rotatable bonds is 2. The van der Waals surface area contributed by atoms with Crippen LogP contribution in [0.3, 0.4) is 0 Å². The second kappa shape index (κ2) is 3.54. The molecule has 0 atom stereocenters. The van der Waals surface area contributed by atoms with Crippen molar-refractivity contribution < 1.29 is 13.9 Å². The molecule has 15 heavy (non-hydrogen) atoms. The van der Waals surface area contributed by atoms with Gasteiger partial charge < -0.3 is 5.11 Å². The molecule has 0 radical (unpaired) electrons. The molecule has 1 aromatic rings. The molecule has 1 aliphatic rings. The minimum atomic E-state index is -0.677. The van der Waals surface area contributed by atoms with E-state index in [9.17, 15) is 13.9 Å². The van der Waals surface area contributed by atoms with Crippen LogP contribution in [-0.4, -0.2) is 28.7 Å². The zero-order valence-corrected chi connectivity index (χ0v) is 8.50. The van der Waals surface area contributed by atoms with Gasteiger partial charge in [-0.15, -0.1) is 0 Å². The van der Waals surface area contributed by atoms with E-state index in [0.717, 1.165) is 12.1 Å². The molecular formula is C11H13F2NO. The van der Waals surface area contributed by atoms with Crippen LogP contribution in [-0.2, 0) is 6.54 Å². The number of aliphatic hydroxyl groups is 1. The zero-order valence-electron chi connectivity index (χ0n) is 8.50.